The van der Waals surface area contributed by atoms with Gasteiger partial charge in [-0.05, 0) is 38.0 Å². The normalized spacial score (nSPS) is 15.9. The summed E-state index contributed by atoms with van der Waals surface area (Å²) in [7, 11) is 1.45. The molecule has 5 nitrogen and oxygen atoms in total. The smallest absolute Gasteiger partial charge is 0.261 e. The fourth-order valence-corrected chi connectivity index (χ4v) is 3.23. The van der Waals surface area contributed by atoms with Crippen LogP contribution in [0, 0.1) is 0 Å². The Morgan fingerprint density at radius 3 is 2.62 bits per heavy atom. The second-order valence-electron chi connectivity index (χ2n) is 4.98. The van der Waals surface area contributed by atoms with Crippen LogP contribution in [0.15, 0.2) is 23.1 Å². The minimum Gasteiger partial charge on any atom is -0.493 e. The number of benzene rings is 1. The van der Waals surface area contributed by atoms with Crippen LogP contribution in [0.5, 0.6) is 5.75 Å². The van der Waals surface area contributed by atoms with Crippen molar-refractivity contribution in [2.45, 2.75) is 43.5 Å². The Labute approximate surface area is 129 Å². The number of halogens is 1. The molecule has 0 aliphatic heterocycles. The van der Waals surface area contributed by atoms with Gasteiger partial charge in [0.1, 0.15) is 5.75 Å². The molecule has 1 aliphatic carbocycles. The predicted octanol–water partition coefficient (Wildman–Crippen LogP) is 2.69. The lowest BCUT2D eigenvalue weighted by molar-refractivity contribution is 0.0934. The predicted molar refractivity (Wildman–Crippen MR) is 80.4 cm³/mol. The van der Waals surface area contributed by atoms with E-state index < -0.39 is 9.05 Å². The number of amides is 1. The third kappa shape index (κ3) is 4.11. The molecule has 1 aromatic rings. The van der Waals surface area contributed by atoms with Gasteiger partial charge in [-0.25, -0.2) is 8.42 Å². The Hall–Kier alpha value is -1.27. The Morgan fingerprint density at radius 2 is 2.05 bits per heavy atom. The van der Waals surface area contributed by atoms with E-state index in [1.54, 1.807) is 6.92 Å². The summed E-state index contributed by atoms with van der Waals surface area (Å²) < 4.78 is 28.2. The van der Waals surface area contributed by atoms with Crippen molar-refractivity contribution in [3.05, 3.63) is 23.8 Å². The lowest BCUT2D eigenvalue weighted by atomic mass is 10.1. The van der Waals surface area contributed by atoms with Gasteiger partial charge in [0.2, 0.25) is 0 Å². The van der Waals surface area contributed by atoms with Gasteiger partial charge in [-0.3, -0.25) is 4.79 Å². The second kappa shape index (κ2) is 6.66. The summed E-state index contributed by atoms with van der Waals surface area (Å²) in [6, 6.07) is 4.20. The first kappa shape index (κ1) is 16.1. The van der Waals surface area contributed by atoms with Gasteiger partial charge in [-0.2, -0.15) is 0 Å². The van der Waals surface area contributed by atoms with Gasteiger partial charge in [-0.15, -0.1) is 0 Å². The number of carbonyl (C=O) groups excluding carboxylic acids is 1. The molecule has 7 heteroatoms. The fourth-order valence-electron chi connectivity index (χ4n) is 2.45. The van der Waals surface area contributed by atoms with Crippen molar-refractivity contribution in [2.24, 2.45) is 0 Å². The van der Waals surface area contributed by atoms with Crippen LogP contribution in [0.2, 0.25) is 0 Å². The molecule has 0 heterocycles. The summed E-state index contributed by atoms with van der Waals surface area (Å²) >= 11 is 0. The van der Waals surface area contributed by atoms with Crippen LogP contribution >= 0.6 is 10.7 Å². The van der Waals surface area contributed by atoms with Gasteiger partial charge in [0, 0.05) is 16.7 Å². The summed E-state index contributed by atoms with van der Waals surface area (Å²) in [5.74, 6) is 0.0320. The molecule has 21 heavy (non-hydrogen) atoms. The van der Waals surface area contributed by atoms with Crippen LogP contribution in [0.3, 0.4) is 0 Å². The lowest BCUT2D eigenvalue weighted by Gasteiger charge is -2.15. The first-order valence-electron chi connectivity index (χ1n) is 6.94. The molecule has 1 aliphatic rings. The van der Waals surface area contributed by atoms with E-state index in [4.69, 9.17) is 15.4 Å². The van der Waals surface area contributed by atoms with Gasteiger partial charge in [0.05, 0.1) is 17.1 Å². The van der Waals surface area contributed by atoms with E-state index in [9.17, 15) is 13.2 Å². The lowest BCUT2D eigenvalue weighted by Crippen LogP contribution is -2.33. The third-order valence-corrected chi connectivity index (χ3v) is 4.82. The maximum absolute atomic E-state index is 12.3. The fraction of sp³-hybridized carbons (Fsp3) is 0.500. The molecule has 116 valence electrons. The Bertz CT molecular complexity index is 624. The third-order valence-electron chi connectivity index (χ3n) is 3.47. The molecule has 2 rings (SSSR count). The molecule has 0 aromatic heterocycles. The monoisotopic (exact) mass is 331 g/mol. The Morgan fingerprint density at radius 1 is 1.38 bits per heavy atom. The van der Waals surface area contributed by atoms with E-state index in [-0.39, 0.29) is 22.4 Å². The number of carbonyl (C=O) groups is 1. The Kier molecular flexibility index (Phi) is 5.11. The number of nitrogens with one attached hydrogen (secondary N) is 1. The largest absolute Gasteiger partial charge is 0.493 e. The maximum Gasteiger partial charge on any atom is 0.261 e. The maximum atomic E-state index is 12.3. The standard InChI is InChI=1S/C14H18ClNO4S/c1-2-20-13-8-7-11(21(15,18)19)9-12(13)14(17)16-10-5-3-4-6-10/h7-10H,2-6H2,1H3,(H,16,17). The molecule has 0 bridgehead atoms. The van der Waals surface area contributed by atoms with Crippen molar-refractivity contribution in [1.29, 1.82) is 0 Å². The van der Waals surface area contributed by atoms with E-state index in [2.05, 4.69) is 5.32 Å². The van der Waals surface area contributed by atoms with Crippen molar-refractivity contribution >= 4 is 25.6 Å². The first-order chi connectivity index (χ1) is 9.91. The summed E-state index contributed by atoms with van der Waals surface area (Å²) in [6.45, 7) is 2.18. The van der Waals surface area contributed by atoms with E-state index in [1.165, 1.54) is 18.2 Å². The number of ether oxygens (including phenoxy) is 1. The number of hydrogen-bond donors (Lipinski definition) is 1. The molecule has 1 saturated carbocycles. The summed E-state index contributed by atoms with van der Waals surface area (Å²) in [5.41, 5.74) is 0.200. The molecular weight excluding hydrogens is 314 g/mol. The van der Waals surface area contributed by atoms with Crippen LogP contribution in [-0.2, 0) is 9.05 Å². The molecule has 0 spiro atoms. The molecule has 1 amide bonds. The highest BCUT2D eigenvalue weighted by atomic mass is 35.7. The van der Waals surface area contributed by atoms with Gasteiger partial charge in [0.25, 0.3) is 15.0 Å². The minimum atomic E-state index is -3.88. The number of hydrogen-bond acceptors (Lipinski definition) is 4. The molecular formula is C14H18ClNO4S. The summed E-state index contributed by atoms with van der Waals surface area (Å²) in [5, 5.41) is 2.92. The zero-order valence-electron chi connectivity index (χ0n) is 11.8. The SMILES string of the molecule is CCOc1ccc(S(=O)(=O)Cl)cc1C(=O)NC1CCCC1. The van der Waals surface area contributed by atoms with E-state index in [0.717, 1.165) is 25.7 Å². The molecule has 0 unspecified atom stereocenters. The van der Waals surface area contributed by atoms with Crippen LogP contribution in [0.4, 0.5) is 0 Å². The van der Waals surface area contributed by atoms with Crippen LogP contribution in [-0.4, -0.2) is 27.0 Å². The highest BCUT2D eigenvalue weighted by Gasteiger charge is 2.22. The molecule has 0 radical (unpaired) electrons. The average molecular weight is 332 g/mol. The van der Waals surface area contributed by atoms with Crippen LogP contribution < -0.4 is 10.1 Å². The van der Waals surface area contributed by atoms with Crippen LogP contribution in [0.25, 0.3) is 0 Å². The van der Waals surface area contributed by atoms with Gasteiger partial charge < -0.3 is 10.1 Å². The van der Waals surface area contributed by atoms with Gasteiger partial charge in [-0.1, -0.05) is 12.8 Å². The number of rotatable bonds is 5. The zero-order chi connectivity index (χ0) is 15.5. The average Bonchev–Trinajstić information content (AvgIpc) is 2.91. The van der Waals surface area contributed by atoms with Crippen molar-refractivity contribution < 1.29 is 17.9 Å². The zero-order valence-corrected chi connectivity index (χ0v) is 13.3. The highest BCUT2D eigenvalue weighted by molar-refractivity contribution is 8.13. The second-order valence-corrected chi connectivity index (χ2v) is 7.55. The van der Waals surface area contributed by atoms with Gasteiger partial charge in [0.15, 0.2) is 0 Å². The quantitative estimate of drug-likeness (QED) is 0.842. The van der Waals surface area contributed by atoms with E-state index in [1.807, 2.05) is 0 Å². The van der Waals surface area contributed by atoms with Crippen molar-refractivity contribution in [3.63, 3.8) is 0 Å². The first-order valence-corrected chi connectivity index (χ1v) is 9.25. The molecule has 1 N–H and O–H groups in total. The highest BCUT2D eigenvalue weighted by Crippen LogP contribution is 2.26. The van der Waals surface area contributed by atoms with E-state index in [0.29, 0.717) is 12.4 Å². The Balaban J connectivity index is 2.30. The molecule has 1 aromatic carbocycles. The summed E-state index contributed by atoms with van der Waals surface area (Å²) in [6.07, 6.45) is 4.09. The molecule has 0 saturated heterocycles. The van der Waals surface area contributed by atoms with Crippen molar-refractivity contribution in [2.75, 3.05) is 6.61 Å². The van der Waals surface area contributed by atoms with Crippen molar-refractivity contribution in [3.8, 4) is 5.75 Å². The molecule has 0 atom stereocenters. The topological polar surface area (TPSA) is 72.5 Å². The van der Waals surface area contributed by atoms with Crippen LogP contribution in [0.1, 0.15) is 43.0 Å². The van der Waals surface area contributed by atoms with E-state index >= 15 is 0 Å². The van der Waals surface area contributed by atoms with Crippen molar-refractivity contribution in [1.82, 2.24) is 5.32 Å². The minimum absolute atomic E-state index is 0.107. The summed E-state index contributed by atoms with van der Waals surface area (Å²) in [4.78, 5) is 12.2. The molecule has 1 fully saturated rings. The van der Waals surface area contributed by atoms with Gasteiger partial charge >= 0.3 is 0 Å².